The van der Waals surface area contributed by atoms with Gasteiger partial charge in [-0.3, -0.25) is 4.79 Å². The van der Waals surface area contributed by atoms with Crippen molar-refractivity contribution in [1.29, 1.82) is 0 Å². The number of hydrogen-bond acceptors (Lipinski definition) is 2. The van der Waals surface area contributed by atoms with Gasteiger partial charge < -0.3 is 9.80 Å². The number of benzene rings is 2. The maximum absolute atomic E-state index is 14.0. The van der Waals surface area contributed by atoms with Crippen LogP contribution in [0.3, 0.4) is 0 Å². The van der Waals surface area contributed by atoms with Crippen LogP contribution >= 0.6 is 11.6 Å². The minimum atomic E-state index is -0.565. The highest BCUT2D eigenvalue weighted by Crippen LogP contribution is 2.24. The summed E-state index contributed by atoms with van der Waals surface area (Å²) in [5, 5.41) is 0.295. The van der Waals surface area contributed by atoms with Crippen molar-refractivity contribution in [2.75, 3.05) is 31.1 Å². The number of piperazine rings is 1. The summed E-state index contributed by atoms with van der Waals surface area (Å²) in [5.41, 5.74) is 3.81. The number of amides is 1. The highest BCUT2D eigenvalue weighted by atomic mass is 35.5. The highest BCUT2D eigenvalue weighted by molar-refractivity contribution is 6.30. The third kappa shape index (κ3) is 3.24. The molecule has 126 valence electrons. The molecule has 1 fully saturated rings. The third-order valence-corrected chi connectivity index (χ3v) is 4.88. The Labute approximate surface area is 146 Å². The van der Waals surface area contributed by atoms with Gasteiger partial charge in [-0.2, -0.15) is 0 Å². The number of rotatable bonds is 2. The number of nitrogens with zero attached hydrogens (tertiary/aromatic N) is 2. The lowest BCUT2D eigenvalue weighted by atomic mass is 10.1. The Hall–Kier alpha value is -2.07. The topological polar surface area (TPSA) is 23.6 Å². The molecule has 3 rings (SSSR count). The number of aryl methyl sites for hydroxylation is 1. The fraction of sp³-hybridized carbons (Fsp3) is 0.316. The van der Waals surface area contributed by atoms with Crippen LogP contribution in [0.5, 0.6) is 0 Å². The van der Waals surface area contributed by atoms with Crippen molar-refractivity contribution in [3.63, 3.8) is 0 Å². The van der Waals surface area contributed by atoms with E-state index < -0.39 is 5.82 Å². The van der Waals surface area contributed by atoms with Crippen molar-refractivity contribution in [3.8, 4) is 0 Å². The molecule has 2 aromatic carbocycles. The Kier molecular flexibility index (Phi) is 4.76. The van der Waals surface area contributed by atoms with Gasteiger partial charge in [-0.15, -0.1) is 0 Å². The van der Waals surface area contributed by atoms with Crippen LogP contribution < -0.4 is 4.90 Å². The molecule has 0 atom stereocenters. The zero-order valence-corrected chi connectivity index (χ0v) is 14.6. The lowest BCUT2D eigenvalue weighted by Gasteiger charge is -2.37. The zero-order chi connectivity index (χ0) is 17.3. The zero-order valence-electron chi connectivity index (χ0n) is 13.9. The molecule has 1 saturated heterocycles. The molecule has 2 aromatic rings. The van der Waals surface area contributed by atoms with Crippen LogP contribution in [0.15, 0.2) is 36.4 Å². The second-order valence-electron chi connectivity index (χ2n) is 6.12. The smallest absolute Gasteiger partial charge is 0.256 e. The van der Waals surface area contributed by atoms with E-state index in [-0.39, 0.29) is 11.5 Å². The van der Waals surface area contributed by atoms with Gasteiger partial charge in [0.1, 0.15) is 5.82 Å². The molecular formula is C19H20ClFN2O. The minimum absolute atomic E-state index is 0.0830. The molecule has 3 nitrogen and oxygen atoms in total. The fourth-order valence-corrected chi connectivity index (χ4v) is 3.22. The molecule has 1 heterocycles. The van der Waals surface area contributed by atoms with Gasteiger partial charge >= 0.3 is 0 Å². The first-order chi connectivity index (χ1) is 11.5. The van der Waals surface area contributed by atoms with Crippen molar-refractivity contribution >= 4 is 23.2 Å². The van der Waals surface area contributed by atoms with Crippen LogP contribution in [0.1, 0.15) is 21.5 Å². The van der Waals surface area contributed by atoms with Crippen LogP contribution in [0.25, 0.3) is 0 Å². The lowest BCUT2D eigenvalue weighted by Crippen LogP contribution is -2.49. The van der Waals surface area contributed by atoms with E-state index in [2.05, 4.69) is 36.9 Å². The molecule has 1 amide bonds. The van der Waals surface area contributed by atoms with E-state index >= 15 is 0 Å². The molecule has 1 aliphatic heterocycles. The van der Waals surface area contributed by atoms with Crippen LogP contribution in [0, 0.1) is 19.7 Å². The molecule has 0 bridgehead atoms. The molecular weight excluding hydrogens is 327 g/mol. The van der Waals surface area contributed by atoms with E-state index in [9.17, 15) is 9.18 Å². The number of hydrogen-bond donors (Lipinski definition) is 0. The first-order valence-corrected chi connectivity index (χ1v) is 8.40. The van der Waals surface area contributed by atoms with E-state index in [0.717, 1.165) is 13.1 Å². The van der Waals surface area contributed by atoms with E-state index in [1.165, 1.54) is 28.9 Å². The van der Waals surface area contributed by atoms with E-state index in [0.29, 0.717) is 18.1 Å². The largest absolute Gasteiger partial charge is 0.368 e. The lowest BCUT2D eigenvalue weighted by molar-refractivity contribution is 0.0742. The van der Waals surface area contributed by atoms with E-state index in [4.69, 9.17) is 11.6 Å². The fourth-order valence-electron chi connectivity index (χ4n) is 3.06. The molecule has 0 N–H and O–H groups in total. The third-order valence-electron chi connectivity index (χ3n) is 4.65. The Morgan fingerprint density at radius 3 is 2.46 bits per heavy atom. The van der Waals surface area contributed by atoms with Crippen molar-refractivity contribution in [1.82, 2.24) is 4.90 Å². The molecule has 0 aliphatic carbocycles. The summed E-state index contributed by atoms with van der Waals surface area (Å²) in [5.74, 6) is -0.839. The summed E-state index contributed by atoms with van der Waals surface area (Å²) in [6.45, 7) is 6.85. The summed E-state index contributed by atoms with van der Waals surface area (Å²) in [6, 6.07) is 10.4. The normalized spacial score (nSPS) is 14.8. The molecule has 24 heavy (non-hydrogen) atoms. The maximum Gasteiger partial charge on any atom is 0.256 e. The second-order valence-corrected chi connectivity index (χ2v) is 6.56. The summed E-state index contributed by atoms with van der Waals surface area (Å²) >= 11 is 5.75. The second kappa shape index (κ2) is 6.81. The summed E-state index contributed by atoms with van der Waals surface area (Å²) in [7, 11) is 0. The monoisotopic (exact) mass is 346 g/mol. The van der Waals surface area contributed by atoms with E-state index in [1.54, 1.807) is 11.0 Å². The Balaban J connectivity index is 1.71. The van der Waals surface area contributed by atoms with Gasteiger partial charge in [0.2, 0.25) is 0 Å². The maximum atomic E-state index is 14.0. The van der Waals surface area contributed by atoms with Gasteiger partial charge in [-0.05, 0) is 49.2 Å². The standard InChI is InChI=1S/C19H20ClFN2O/c1-13-4-3-5-18(14(13)2)22-8-10-23(11-9-22)19(24)16-7-6-15(20)12-17(16)21/h3-7,12H,8-11H2,1-2H3. The first kappa shape index (κ1) is 16.8. The highest BCUT2D eigenvalue weighted by Gasteiger charge is 2.25. The van der Waals surface area contributed by atoms with Gasteiger partial charge in [0.15, 0.2) is 0 Å². The van der Waals surface area contributed by atoms with Gasteiger partial charge in [0.05, 0.1) is 5.56 Å². The molecule has 0 aromatic heterocycles. The summed E-state index contributed by atoms with van der Waals surface area (Å²) < 4.78 is 14.0. The van der Waals surface area contributed by atoms with Crippen LogP contribution in [0.2, 0.25) is 5.02 Å². The Morgan fingerprint density at radius 1 is 1.08 bits per heavy atom. The molecule has 0 saturated carbocycles. The van der Waals surface area contributed by atoms with E-state index in [1.807, 2.05) is 0 Å². The van der Waals surface area contributed by atoms with Crippen LogP contribution in [-0.4, -0.2) is 37.0 Å². The molecule has 0 radical (unpaired) electrons. The first-order valence-electron chi connectivity index (χ1n) is 8.03. The van der Waals surface area contributed by atoms with Gasteiger partial charge in [-0.25, -0.2) is 4.39 Å². The molecule has 0 unspecified atom stereocenters. The minimum Gasteiger partial charge on any atom is -0.368 e. The summed E-state index contributed by atoms with van der Waals surface area (Å²) in [6.07, 6.45) is 0. The van der Waals surface area contributed by atoms with Crippen molar-refractivity contribution in [2.24, 2.45) is 0 Å². The number of carbonyl (C=O) groups excluding carboxylic acids is 1. The molecule has 0 spiro atoms. The van der Waals surface area contributed by atoms with Gasteiger partial charge in [0.25, 0.3) is 5.91 Å². The summed E-state index contributed by atoms with van der Waals surface area (Å²) in [4.78, 5) is 16.5. The average Bonchev–Trinajstić information content (AvgIpc) is 2.57. The van der Waals surface area contributed by atoms with Crippen LogP contribution in [0.4, 0.5) is 10.1 Å². The number of anilines is 1. The Bertz CT molecular complexity index is 770. The molecule has 1 aliphatic rings. The predicted octanol–water partition coefficient (Wildman–Crippen LogP) is 4.06. The van der Waals surface area contributed by atoms with Crippen molar-refractivity contribution < 1.29 is 9.18 Å². The number of halogens is 2. The Morgan fingerprint density at radius 2 is 1.79 bits per heavy atom. The number of carbonyl (C=O) groups is 1. The SMILES string of the molecule is Cc1cccc(N2CCN(C(=O)c3ccc(Cl)cc3F)CC2)c1C. The van der Waals surface area contributed by atoms with Gasteiger partial charge in [-0.1, -0.05) is 23.7 Å². The van der Waals surface area contributed by atoms with Crippen LogP contribution in [-0.2, 0) is 0 Å². The van der Waals surface area contributed by atoms with Crippen molar-refractivity contribution in [3.05, 3.63) is 63.9 Å². The average molecular weight is 347 g/mol. The quantitative estimate of drug-likeness (QED) is 0.818. The van der Waals surface area contributed by atoms with Crippen molar-refractivity contribution in [2.45, 2.75) is 13.8 Å². The van der Waals surface area contributed by atoms with Gasteiger partial charge in [0, 0.05) is 36.9 Å². The predicted molar refractivity (Wildman–Crippen MR) is 95.4 cm³/mol. The molecule has 5 heteroatoms.